The lowest BCUT2D eigenvalue weighted by atomic mass is 10.1. The smallest absolute Gasteiger partial charge is 0.123 e. The molecule has 0 unspecified atom stereocenters. The van der Waals surface area contributed by atoms with Crippen LogP contribution in [0.15, 0.2) is 35.0 Å². The normalized spacial score (nSPS) is 12.3. The molecule has 15 heavy (non-hydrogen) atoms. The zero-order chi connectivity index (χ0) is 11.4. The van der Waals surface area contributed by atoms with Crippen molar-refractivity contribution in [2.75, 3.05) is 7.05 Å². The largest absolute Gasteiger partial charge is 0.319 e. The summed E-state index contributed by atoms with van der Waals surface area (Å²) in [4.78, 5) is 0. The Morgan fingerprint density at radius 3 is 2.60 bits per heavy atom. The molecule has 0 atom stereocenters. The van der Waals surface area contributed by atoms with Crippen LogP contribution in [0.3, 0.4) is 0 Å². The fraction of sp³-hybridized carbons (Fsp3) is 0.250. The third-order valence-electron chi connectivity index (χ3n) is 2.31. The van der Waals surface area contributed by atoms with Gasteiger partial charge in [0.1, 0.15) is 10.7 Å². The summed E-state index contributed by atoms with van der Waals surface area (Å²) < 4.78 is 0. The van der Waals surface area contributed by atoms with Crippen molar-refractivity contribution in [3.05, 3.63) is 46.1 Å². The van der Waals surface area contributed by atoms with Gasteiger partial charge in [-0.3, -0.25) is 5.41 Å². The molecule has 0 saturated heterocycles. The molecule has 0 saturated carbocycles. The fourth-order valence-corrected chi connectivity index (χ4v) is 1.47. The summed E-state index contributed by atoms with van der Waals surface area (Å²) in [7, 11) is 1.92. The molecule has 2 nitrogen and oxygen atoms in total. The summed E-state index contributed by atoms with van der Waals surface area (Å²) in [6.07, 6.45) is 0. The van der Waals surface area contributed by atoms with Crippen LogP contribution in [0.4, 0.5) is 0 Å². The van der Waals surface area contributed by atoms with Crippen LogP contribution in [0.2, 0.25) is 0 Å². The van der Waals surface area contributed by atoms with E-state index in [0.717, 1.165) is 16.8 Å². The second-order valence-electron chi connectivity index (χ2n) is 3.53. The SMILES string of the molecule is C[NH2+]C(C)=C(Cl)C(=N)c1cccc(C)c1. The van der Waals surface area contributed by atoms with E-state index in [1.807, 2.05) is 50.5 Å². The van der Waals surface area contributed by atoms with E-state index < -0.39 is 0 Å². The van der Waals surface area contributed by atoms with Crippen molar-refractivity contribution in [3.8, 4) is 0 Å². The van der Waals surface area contributed by atoms with Gasteiger partial charge in [-0.05, 0) is 13.0 Å². The number of aryl methyl sites for hydroxylation is 1. The first-order valence-electron chi connectivity index (χ1n) is 4.88. The van der Waals surface area contributed by atoms with Crippen LogP contribution < -0.4 is 5.32 Å². The highest BCUT2D eigenvalue weighted by Crippen LogP contribution is 2.14. The molecule has 3 heteroatoms. The lowest BCUT2D eigenvalue weighted by Gasteiger charge is -2.05. The molecule has 0 radical (unpaired) electrons. The minimum atomic E-state index is 0.385. The lowest BCUT2D eigenvalue weighted by molar-refractivity contribution is -0.576. The number of hydrogen-bond acceptors (Lipinski definition) is 1. The van der Waals surface area contributed by atoms with Gasteiger partial charge in [0.2, 0.25) is 0 Å². The monoisotopic (exact) mass is 223 g/mol. The Morgan fingerprint density at radius 2 is 2.07 bits per heavy atom. The van der Waals surface area contributed by atoms with Crippen LogP contribution >= 0.6 is 11.6 Å². The molecule has 80 valence electrons. The molecule has 0 aromatic heterocycles. The number of halogens is 1. The van der Waals surface area contributed by atoms with E-state index in [4.69, 9.17) is 17.0 Å². The lowest BCUT2D eigenvalue weighted by Crippen LogP contribution is -2.77. The van der Waals surface area contributed by atoms with Gasteiger partial charge in [0.05, 0.1) is 12.8 Å². The molecule has 0 aliphatic rings. The molecular formula is C12H16ClN2+. The van der Waals surface area contributed by atoms with Crippen molar-refractivity contribution in [2.45, 2.75) is 13.8 Å². The third-order valence-corrected chi connectivity index (χ3v) is 2.79. The van der Waals surface area contributed by atoms with E-state index in [9.17, 15) is 0 Å². The number of nitrogens with two attached hydrogens (primary N) is 1. The molecule has 0 bridgehead atoms. The number of nitrogens with one attached hydrogen (secondary N) is 1. The predicted molar refractivity (Wildman–Crippen MR) is 64.4 cm³/mol. The highest BCUT2D eigenvalue weighted by molar-refractivity contribution is 6.45. The number of rotatable bonds is 3. The Morgan fingerprint density at radius 1 is 1.40 bits per heavy atom. The molecule has 0 aliphatic heterocycles. The first-order chi connectivity index (χ1) is 7.06. The van der Waals surface area contributed by atoms with Crippen LogP contribution in [-0.2, 0) is 0 Å². The maximum absolute atomic E-state index is 7.96. The number of benzene rings is 1. The Hall–Kier alpha value is -1.12. The molecule has 0 heterocycles. The summed E-state index contributed by atoms with van der Waals surface area (Å²) in [5.74, 6) is 0. The van der Waals surface area contributed by atoms with Gasteiger partial charge in [0, 0.05) is 12.5 Å². The predicted octanol–water partition coefficient (Wildman–Crippen LogP) is 2.03. The molecule has 3 N–H and O–H groups in total. The van der Waals surface area contributed by atoms with E-state index in [-0.39, 0.29) is 0 Å². The van der Waals surface area contributed by atoms with Gasteiger partial charge in [-0.25, -0.2) is 0 Å². The minimum absolute atomic E-state index is 0.385. The van der Waals surface area contributed by atoms with Crippen LogP contribution in [0, 0.1) is 12.3 Å². The highest BCUT2D eigenvalue weighted by atomic mass is 35.5. The molecule has 0 spiro atoms. The maximum Gasteiger partial charge on any atom is 0.123 e. The number of hydrogen-bond donors (Lipinski definition) is 2. The third kappa shape index (κ3) is 2.91. The van der Waals surface area contributed by atoms with Crippen molar-refractivity contribution in [3.63, 3.8) is 0 Å². The van der Waals surface area contributed by atoms with Crippen LogP contribution in [0.25, 0.3) is 0 Å². The molecule has 0 aliphatic carbocycles. The molecule has 0 fully saturated rings. The van der Waals surface area contributed by atoms with E-state index in [0.29, 0.717) is 10.7 Å². The van der Waals surface area contributed by atoms with Gasteiger partial charge < -0.3 is 5.32 Å². The van der Waals surface area contributed by atoms with Crippen molar-refractivity contribution in [1.29, 1.82) is 5.41 Å². The zero-order valence-electron chi connectivity index (χ0n) is 9.26. The van der Waals surface area contributed by atoms with Crippen LogP contribution in [-0.4, -0.2) is 12.8 Å². The topological polar surface area (TPSA) is 40.5 Å². The quantitative estimate of drug-likeness (QED) is 0.737. The Balaban J connectivity index is 3.05. The van der Waals surface area contributed by atoms with Crippen LogP contribution in [0.1, 0.15) is 18.1 Å². The van der Waals surface area contributed by atoms with E-state index >= 15 is 0 Å². The van der Waals surface area contributed by atoms with Gasteiger partial charge in [-0.1, -0.05) is 35.4 Å². The minimum Gasteiger partial charge on any atom is -0.319 e. The van der Waals surface area contributed by atoms with Gasteiger partial charge in [0.25, 0.3) is 0 Å². The summed E-state index contributed by atoms with van der Waals surface area (Å²) in [6.45, 7) is 3.92. The molecular weight excluding hydrogens is 208 g/mol. The van der Waals surface area contributed by atoms with Gasteiger partial charge in [0.15, 0.2) is 0 Å². The second kappa shape index (κ2) is 5.10. The Labute approximate surface area is 95.5 Å². The first-order valence-corrected chi connectivity index (χ1v) is 5.25. The van der Waals surface area contributed by atoms with E-state index in [2.05, 4.69) is 0 Å². The standard InChI is InChI=1S/C12H15ClN2/c1-8-5-4-6-10(7-8)12(14)11(13)9(2)15-3/h4-7,14-15H,1-3H3/p+1. The van der Waals surface area contributed by atoms with Gasteiger partial charge in [-0.2, -0.15) is 0 Å². The Kier molecular flexibility index (Phi) is 4.06. The van der Waals surface area contributed by atoms with E-state index in [1.54, 1.807) is 0 Å². The molecule has 1 rings (SSSR count). The van der Waals surface area contributed by atoms with Crippen molar-refractivity contribution < 1.29 is 5.32 Å². The molecule has 1 aromatic carbocycles. The maximum atomic E-state index is 7.96. The molecule has 1 aromatic rings. The molecule has 0 amide bonds. The summed E-state index contributed by atoms with van der Waals surface area (Å²) >= 11 is 6.09. The highest BCUT2D eigenvalue weighted by Gasteiger charge is 2.10. The van der Waals surface area contributed by atoms with Crippen molar-refractivity contribution in [2.24, 2.45) is 0 Å². The second-order valence-corrected chi connectivity index (χ2v) is 3.91. The van der Waals surface area contributed by atoms with Crippen LogP contribution in [0.5, 0.6) is 0 Å². The van der Waals surface area contributed by atoms with Crippen molar-refractivity contribution >= 4 is 17.3 Å². The average molecular weight is 224 g/mol. The van der Waals surface area contributed by atoms with Crippen molar-refractivity contribution in [1.82, 2.24) is 0 Å². The summed E-state index contributed by atoms with van der Waals surface area (Å²) in [6, 6.07) is 7.82. The van der Waals surface area contributed by atoms with Gasteiger partial charge in [-0.15, -0.1) is 0 Å². The average Bonchev–Trinajstić information content (AvgIpc) is 2.26. The zero-order valence-corrected chi connectivity index (χ0v) is 10.0. The van der Waals surface area contributed by atoms with E-state index in [1.165, 1.54) is 0 Å². The number of quaternary nitrogens is 1. The summed E-state index contributed by atoms with van der Waals surface area (Å²) in [5, 5.41) is 10.4. The first kappa shape index (κ1) is 12.0. The fourth-order valence-electron chi connectivity index (χ4n) is 1.25. The number of allylic oxidation sites excluding steroid dienone is 2. The Bertz CT molecular complexity index is 408. The van der Waals surface area contributed by atoms with Gasteiger partial charge >= 0.3 is 0 Å². The summed E-state index contributed by atoms with van der Waals surface area (Å²) in [5.41, 5.74) is 3.32.